The Labute approximate surface area is 148 Å². The number of ether oxygens (including phenoxy) is 1. The topological polar surface area (TPSA) is 48.9 Å². The first kappa shape index (κ1) is 19.5. The summed E-state index contributed by atoms with van der Waals surface area (Å²) < 4.78 is 5.63. The molecule has 5 nitrogen and oxygen atoms in total. The van der Waals surface area contributed by atoms with E-state index in [0.29, 0.717) is 0 Å². The van der Waals surface area contributed by atoms with Crippen molar-refractivity contribution >= 4 is 5.96 Å². The lowest BCUT2D eigenvalue weighted by molar-refractivity contribution is -0.0164. The van der Waals surface area contributed by atoms with Gasteiger partial charge in [-0.3, -0.25) is 9.89 Å². The maximum absolute atomic E-state index is 5.63. The molecule has 2 aliphatic rings. The number of guanidine groups is 1. The fourth-order valence-electron chi connectivity index (χ4n) is 3.90. The summed E-state index contributed by atoms with van der Waals surface area (Å²) in [6, 6.07) is 0. The van der Waals surface area contributed by atoms with Crippen LogP contribution in [-0.4, -0.2) is 62.8 Å². The van der Waals surface area contributed by atoms with Gasteiger partial charge < -0.3 is 15.4 Å². The van der Waals surface area contributed by atoms with Gasteiger partial charge in [-0.1, -0.05) is 26.7 Å². The van der Waals surface area contributed by atoms with E-state index < -0.39 is 0 Å². The molecule has 140 valence electrons. The molecule has 2 saturated heterocycles. The van der Waals surface area contributed by atoms with Crippen LogP contribution >= 0.6 is 0 Å². The van der Waals surface area contributed by atoms with E-state index in [1.165, 1.54) is 45.2 Å². The molecule has 0 aliphatic carbocycles. The zero-order chi connectivity index (χ0) is 17.3. The van der Waals surface area contributed by atoms with Crippen LogP contribution in [0.2, 0.25) is 0 Å². The minimum Gasteiger partial charge on any atom is -0.381 e. The summed E-state index contributed by atoms with van der Waals surface area (Å²) in [5.74, 6) is 1.75. The van der Waals surface area contributed by atoms with E-state index in [1.54, 1.807) is 0 Å². The molecule has 2 heterocycles. The summed E-state index contributed by atoms with van der Waals surface area (Å²) in [7, 11) is 1.87. The number of unbranched alkanes of at least 4 members (excludes halogenated alkanes) is 1. The van der Waals surface area contributed by atoms with Gasteiger partial charge in [-0.2, -0.15) is 0 Å². The van der Waals surface area contributed by atoms with Crippen LogP contribution in [-0.2, 0) is 4.74 Å². The minimum absolute atomic E-state index is 0.254. The molecule has 0 aromatic carbocycles. The second-order valence-electron chi connectivity index (χ2n) is 7.77. The van der Waals surface area contributed by atoms with Gasteiger partial charge in [-0.05, 0) is 51.1 Å². The molecule has 24 heavy (non-hydrogen) atoms. The van der Waals surface area contributed by atoms with Crippen molar-refractivity contribution in [3.63, 3.8) is 0 Å². The quantitative estimate of drug-likeness (QED) is 0.406. The normalized spacial score (nSPS) is 22.1. The van der Waals surface area contributed by atoms with Gasteiger partial charge in [0.2, 0.25) is 0 Å². The average Bonchev–Trinajstić information content (AvgIpc) is 3.13. The third kappa shape index (κ3) is 5.92. The van der Waals surface area contributed by atoms with E-state index in [0.717, 1.165) is 51.0 Å². The Morgan fingerprint density at radius 3 is 2.46 bits per heavy atom. The van der Waals surface area contributed by atoms with Gasteiger partial charge in [0, 0.05) is 38.9 Å². The lowest BCUT2D eigenvalue weighted by atomic mass is 9.88. The fourth-order valence-corrected chi connectivity index (χ4v) is 3.90. The predicted molar refractivity (Wildman–Crippen MR) is 102 cm³/mol. The summed E-state index contributed by atoms with van der Waals surface area (Å²) in [5, 5.41) is 7.08. The van der Waals surface area contributed by atoms with E-state index in [9.17, 15) is 0 Å². The first-order chi connectivity index (χ1) is 11.7. The van der Waals surface area contributed by atoms with Gasteiger partial charge in [0.05, 0.1) is 0 Å². The summed E-state index contributed by atoms with van der Waals surface area (Å²) in [6.07, 6.45) is 8.75. The summed E-state index contributed by atoms with van der Waals surface area (Å²) in [6.45, 7) is 10.8. The van der Waals surface area contributed by atoms with Crippen LogP contribution in [0.5, 0.6) is 0 Å². The predicted octanol–water partition coefficient (Wildman–Crippen LogP) is 2.62. The number of hydrogen-bond donors (Lipinski definition) is 2. The first-order valence-corrected chi connectivity index (χ1v) is 9.93. The Bertz CT molecular complexity index is 372. The highest BCUT2D eigenvalue weighted by Gasteiger charge is 2.39. The minimum atomic E-state index is 0.254. The second-order valence-corrected chi connectivity index (χ2v) is 7.77. The van der Waals surface area contributed by atoms with Crippen LogP contribution in [0.25, 0.3) is 0 Å². The van der Waals surface area contributed by atoms with Crippen LogP contribution in [0.3, 0.4) is 0 Å². The molecule has 0 radical (unpaired) electrons. The molecular weight excluding hydrogens is 300 g/mol. The van der Waals surface area contributed by atoms with Gasteiger partial charge >= 0.3 is 0 Å². The lowest BCUT2D eigenvalue weighted by Crippen LogP contribution is -2.58. The van der Waals surface area contributed by atoms with Crippen molar-refractivity contribution < 1.29 is 4.74 Å². The highest BCUT2D eigenvalue weighted by molar-refractivity contribution is 5.79. The van der Waals surface area contributed by atoms with Gasteiger partial charge in [0.15, 0.2) is 5.96 Å². The van der Waals surface area contributed by atoms with Crippen molar-refractivity contribution in [2.45, 2.75) is 64.3 Å². The SMILES string of the molecule is CN=C(NCCCCC(C)C)NCC1(N2CCCC2)CCOCC1. The van der Waals surface area contributed by atoms with E-state index in [-0.39, 0.29) is 5.54 Å². The number of rotatable bonds is 8. The molecule has 0 amide bonds. The summed E-state index contributed by atoms with van der Waals surface area (Å²) >= 11 is 0. The molecule has 2 fully saturated rings. The van der Waals surface area contributed by atoms with E-state index in [2.05, 4.69) is 34.4 Å². The zero-order valence-corrected chi connectivity index (χ0v) is 16.1. The maximum atomic E-state index is 5.63. The van der Waals surface area contributed by atoms with Crippen molar-refractivity contribution in [3.05, 3.63) is 0 Å². The van der Waals surface area contributed by atoms with Gasteiger partial charge in [0.1, 0.15) is 0 Å². The van der Waals surface area contributed by atoms with Gasteiger partial charge in [0.25, 0.3) is 0 Å². The van der Waals surface area contributed by atoms with Crippen molar-refractivity contribution in [2.24, 2.45) is 10.9 Å². The highest BCUT2D eigenvalue weighted by atomic mass is 16.5. The molecule has 0 spiro atoms. The molecule has 0 atom stereocenters. The summed E-state index contributed by atoms with van der Waals surface area (Å²) in [5.41, 5.74) is 0.254. The molecule has 0 aromatic heterocycles. The number of likely N-dealkylation sites (tertiary alicyclic amines) is 1. The van der Waals surface area contributed by atoms with E-state index >= 15 is 0 Å². The number of nitrogens with zero attached hydrogens (tertiary/aromatic N) is 2. The smallest absolute Gasteiger partial charge is 0.191 e. The molecular formula is C19H38N4O. The standard InChI is InChI=1S/C19H38N4O/c1-17(2)8-4-5-11-21-18(20-3)22-16-19(9-14-24-15-10-19)23-12-6-7-13-23/h17H,4-16H2,1-3H3,(H2,20,21,22). The maximum Gasteiger partial charge on any atom is 0.191 e. The molecule has 2 aliphatic heterocycles. The van der Waals surface area contributed by atoms with Crippen molar-refractivity contribution in [1.82, 2.24) is 15.5 Å². The molecule has 0 aromatic rings. The van der Waals surface area contributed by atoms with Crippen molar-refractivity contribution in [3.8, 4) is 0 Å². The largest absolute Gasteiger partial charge is 0.381 e. The van der Waals surface area contributed by atoms with Crippen LogP contribution in [0.4, 0.5) is 0 Å². The highest BCUT2D eigenvalue weighted by Crippen LogP contribution is 2.30. The van der Waals surface area contributed by atoms with E-state index in [4.69, 9.17) is 4.74 Å². The molecule has 0 unspecified atom stereocenters. The lowest BCUT2D eigenvalue weighted by Gasteiger charge is -2.45. The summed E-state index contributed by atoms with van der Waals surface area (Å²) in [4.78, 5) is 7.10. The van der Waals surface area contributed by atoms with Gasteiger partial charge in [-0.15, -0.1) is 0 Å². The van der Waals surface area contributed by atoms with Crippen molar-refractivity contribution in [1.29, 1.82) is 0 Å². The number of hydrogen-bond acceptors (Lipinski definition) is 3. The van der Waals surface area contributed by atoms with Crippen LogP contribution in [0.1, 0.15) is 58.8 Å². The van der Waals surface area contributed by atoms with Crippen LogP contribution in [0.15, 0.2) is 4.99 Å². The molecule has 0 saturated carbocycles. The second kappa shape index (κ2) is 10.2. The third-order valence-electron chi connectivity index (χ3n) is 5.51. The molecule has 2 N–H and O–H groups in total. The van der Waals surface area contributed by atoms with Crippen LogP contribution in [0, 0.1) is 5.92 Å². The Balaban J connectivity index is 1.76. The first-order valence-electron chi connectivity index (χ1n) is 9.93. The fraction of sp³-hybridized carbons (Fsp3) is 0.947. The molecule has 0 bridgehead atoms. The Morgan fingerprint density at radius 2 is 1.83 bits per heavy atom. The average molecular weight is 339 g/mol. The van der Waals surface area contributed by atoms with Crippen LogP contribution < -0.4 is 10.6 Å². The Kier molecular flexibility index (Phi) is 8.33. The zero-order valence-electron chi connectivity index (χ0n) is 16.1. The number of nitrogens with one attached hydrogen (secondary N) is 2. The monoisotopic (exact) mass is 338 g/mol. The Morgan fingerprint density at radius 1 is 1.12 bits per heavy atom. The van der Waals surface area contributed by atoms with Crippen molar-refractivity contribution in [2.75, 3.05) is 46.4 Å². The molecule has 2 rings (SSSR count). The van der Waals surface area contributed by atoms with E-state index in [1.807, 2.05) is 7.05 Å². The molecule has 5 heteroatoms. The number of aliphatic imine (C=N–C) groups is 1. The van der Waals surface area contributed by atoms with Gasteiger partial charge in [-0.25, -0.2) is 0 Å². The third-order valence-corrected chi connectivity index (χ3v) is 5.51. The Hall–Kier alpha value is -0.810.